The summed E-state index contributed by atoms with van der Waals surface area (Å²) in [7, 11) is 0. The highest BCUT2D eigenvalue weighted by Crippen LogP contribution is 2.18. The van der Waals surface area contributed by atoms with Gasteiger partial charge in [-0.15, -0.1) is 0 Å². The summed E-state index contributed by atoms with van der Waals surface area (Å²) >= 11 is 0. The van der Waals surface area contributed by atoms with Crippen LogP contribution in [0.3, 0.4) is 0 Å². The van der Waals surface area contributed by atoms with Crippen molar-refractivity contribution in [3.8, 4) is 0 Å². The Bertz CT molecular complexity index is 784. The first kappa shape index (κ1) is 24.2. The fourth-order valence-corrected chi connectivity index (χ4v) is 3.33. The normalized spacial score (nSPS) is 19.9. The third kappa shape index (κ3) is 6.23. The number of hydrogen-bond donors (Lipinski definition) is 7. The van der Waals surface area contributed by atoms with Crippen molar-refractivity contribution in [1.82, 2.24) is 25.5 Å². The number of carboxylic acid groups (broad SMARTS) is 1. The maximum atomic E-state index is 12.6. The first-order valence-electron chi connectivity index (χ1n) is 9.81. The van der Waals surface area contributed by atoms with Gasteiger partial charge in [0.15, 0.2) is 0 Å². The molecule has 0 spiro atoms. The van der Waals surface area contributed by atoms with Crippen LogP contribution in [0.1, 0.15) is 25.5 Å². The Balaban J connectivity index is 2.01. The highest BCUT2D eigenvalue weighted by Gasteiger charge is 2.38. The molecule has 8 N–H and O–H groups in total. The lowest BCUT2D eigenvalue weighted by atomic mass is 10.1. The van der Waals surface area contributed by atoms with Gasteiger partial charge in [0.1, 0.15) is 18.1 Å². The molecule has 5 atom stereocenters. The number of aromatic amines is 1. The molecule has 1 saturated heterocycles. The maximum Gasteiger partial charge on any atom is 0.326 e. The second-order valence-corrected chi connectivity index (χ2v) is 7.39. The van der Waals surface area contributed by atoms with E-state index in [9.17, 15) is 34.5 Å². The number of aliphatic hydroxyl groups excluding tert-OH is 2. The van der Waals surface area contributed by atoms with Crippen molar-refractivity contribution in [2.45, 2.75) is 56.5 Å². The van der Waals surface area contributed by atoms with Crippen molar-refractivity contribution in [2.24, 2.45) is 5.73 Å². The van der Waals surface area contributed by atoms with E-state index < -0.39 is 60.6 Å². The molecule has 1 fully saturated rings. The Kier molecular flexibility index (Phi) is 8.47. The van der Waals surface area contributed by atoms with Gasteiger partial charge in [0.2, 0.25) is 17.7 Å². The van der Waals surface area contributed by atoms with Crippen molar-refractivity contribution in [3.63, 3.8) is 0 Å². The highest BCUT2D eigenvalue weighted by atomic mass is 16.4. The molecule has 1 aromatic heterocycles. The van der Waals surface area contributed by atoms with E-state index in [1.54, 1.807) is 0 Å². The van der Waals surface area contributed by atoms with Gasteiger partial charge < -0.3 is 41.6 Å². The monoisotopic (exact) mass is 440 g/mol. The van der Waals surface area contributed by atoms with Crippen molar-refractivity contribution in [2.75, 3.05) is 13.2 Å². The number of hydrogen-bond acceptors (Lipinski definition) is 8. The number of carbonyl (C=O) groups excluding carboxylic acids is 3. The predicted octanol–water partition coefficient (Wildman–Crippen LogP) is -3.30. The number of aromatic nitrogens is 2. The molecule has 2 heterocycles. The average molecular weight is 440 g/mol. The lowest BCUT2D eigenvalue weighted by Crippen LogP contribution is -2.60. The number of nitrogens with two attached hydrogens (primary N) is 1. The van der Waals surface area contributed by atoms with E-state index in [4.69, 9.17) is 5.73 Å². The number of aliphatic hydroxyl groups is 2. The van der Waals surface area contributed by atoms with Crippen molar-refractivity contribution in [3.05, 3.63) is 18.2 Å². The first-order valence-corrected chi connectivity index (χ1v) is 9.81. The molecule has 31 heavy (non-hydrogen) atoms. The second kappa shape index (κ2) is 10.8. The molecule has 1 aliphatic rings. The van der Waals surface area contributed by atoms with Crippen molar-refractivity contribution >= 4 is 23.7 Å². The van der Waals surface area contributed by atoms with Gasteiger partial charge in [-0.3, -0.25) is 14.4 Å². The van der Waals surface area contributed by atoms with Gasteiger partial charge >= 0.3 is 5.97 Å². The van der Waals surface area contributed by atoms with Gasteiger partial charge in [-0.2, -0.15) is 0 Å². The summed E-state index contributed by atoms with van der Waals surface area (Å²) in [5.41, 5.74) is 6.43. The SMILES string of the molecule is CC(O)C(NC(=O)C(N)Cc1cnc[nH]1)C(=O)NC(CO)C(=O)N1CCCC1C(=O)O. The molecule has 1 aliphatic heterocycles. The van der Waals surface area contributed by atoms with E-state index in [1.165, 1.54) is 19.4 Å². The van der Waals surface area contributed by atoms with Gasteiger partial charge in [0, 0.05) is 24.9 Å². The number of nitrogens with one attached hydrogen (secondary N) is 3. The smallest absolute Gasteiger partial charge is 0.326 e. The molecule has 3 amide bonds. The standard InChI is InChI=1S/C18H28N6O7/c1-9(26)14(23-15(27)11(19)5-10-6-20-8-21-10)16(28)22-12(7-25)17(29)24-4-2-3-13(24)18(30)31/h6,8-9,11-14,25-26H,2-5,7,19H2,1H3,(H,20,21)(H,22,28)(H,23,27)(H,30,31). The molecule has 13 nitrogen and oxygen atoms in total. The lowest BCUT2D eigenvalue weighted by Gasteiger charge is -2.28. The van der Waals surface area contributed by atoms with Crippen LogP contribution in [0.4, 0.5) is 0 Å². The number of carbonyl (C=O) groups is 4. The number of nitrogens with zero attached hydrogens (tertiary/aromatic N) is 2. The first-order chi connectivity index (χ1) is 14.6. The van der Waals surface area contributed by atoms with Crippen molar-refractivity contribution < 1.29 is 34.5 Å². The van der Waals surface area contributed by atoms with E-state index in [1.807, 2.05) is 0 Å². The maximum absolute atomic E-state index is 12.6. The van der Waals surface area contributed by atoms with E-state index in [0.29, 0.717) is 12.1 Å². The highest BCUT2D eigenvalue weighted by molar-refractivity contribution is 5.94. The van der Waals surface area contributed by atoms with E-state index in [0.717, 1.165) is 4.90 Å². The zero-order chi connectivity index (χ0) is 23.1. The summed E-state index contributed by atoms with van der Waals surface area (Å²) in [6, 6.07) is -4.95. The zero-order valence-electron chi connectivity index (χ0n) is 17.0. The van der Waals surface area contributed by atoms with Crippen LogP contribution in [-0.4, -0.2) is 97.3 Å². The Morgan fingerprint density at radius 2 is 2.03 bits per heavy atom. The van der Waals surface area contributed by atoms with Crippen LogP contribution in [0.5, 0.6) is 0 Å². The van der Waals surface area contributed by atoms with Crippen molar-refractivity contribution in [1.29, 1.82) is 0 Å². The molecule has 2 rings (SSSR count). The van der Waals surface area contributed by atoms with Gasteiger partial charge in [0.25, 0.3) is 0 Å². The summed E-state index contributed by atoms with van der Waals surface area (Å²) in [6.07, 6.45) is 2.45. The summed E-state index contributed by atoms with van der Waals surface area (Å²) in [5, 5.41) is 33.4. The number of aliphatic carboxylic acids is 1. The number of H-pyrrole nitrogens is 1. The number of likely N-dealkylation sites (tertiary alicyclic amines) is 1. The van der Waals surface area contributed by atoms with Crippen LogP contribution >= 0.6 is 0 Å². The van der Waals surface area contributed by atoms with Gasteiger partial charge in [-0.05, 0) is 19.8 Å². The van der Waals surface area contributed by atoms with E-state index in [2.05, 4.69) is 20.6 Å². The molecule has 0 aliphatic carbocycles. The third-order valence-corrected chi connectivity index (χ3v) is 5.01. The molecular weight excluding hydrogens is 412 g/mol. The molecule has 0 bridgehead atoms. The van der Waals surface area contributed by atoms with Crippen LogP contribution in [0, 0.1) is 0 Å². The molecule has 0 saturated carbocycles. The van der Waals surface area contributed by atoms with Gasteiger partial charge in [-0.25, -0.2) is 9.78 Å². The average Bonchev–Trinajstić information content (AvgIpc) is 3.40. The predicted molar refractivity (Wildman–Crippen MR) is 105 cm³/mol. The molecule has 0 aromatic carbocycles. The zero-order valence-corrected chi connectivity index (χ0v) is 17.0. The van der Waals surface area contributed by atoms with Crippen LogP contribution in [0.25, 0.3) is 0 Å². The Hall–Kier alpha value is -3.03. The number of amides is 3. The minimum absolute atomic E-state index is 0.114. The largest absolute Gasteiger partial charge is 0.480 e. The Morgan fingerprint density at radius 1 is 1.32 bits per heavy atom. The molecule has 5 unspecified atom stereocenters. The lowest BCUT2D eigenvalue weighted by molar-refractivity contribution is -0.150. The molecule has 13 heteroatoms. The van der Waals surface area contributed by atoms with Crippen LogP contribution in [-0.2, 0) is 25.6 Å². The minimum Gasteiger partial charge on any atom is -0.480 e. The van der Waals surface area contributed by atoms with Crippen LogP contribution in [0.2, 0.25) is 0 Å². The molecular formula is C18H28N6O7. The van der Waals surface area contributed by atoms with Gasteiger partial charge in [0.05, 0.1) is 25.1 Å². The third-order valence-electron chi connectivity index (χ3n) is 5.01. The van der Waals surface area contributed by atoms with E-state index in [-0.39, 0.29) is 19.4 Å². The molecule has 0 radical (unpaired) electrons. The minimum atomic E-state index is -1.45. The molecule has 172 valence electrons. The number of rotatable bonds is 10. The summed E-state index contributed by atoms with van der Waals surface area (Å²) in [6.45, 7) is 0.663. The van der Waals surface area contributed by atoms with E-state index >= 15 is 0 Å². The fraction of sp³-hybridized carbons (Fsp3) is 0.611. The second-order valence-electron chi connectivity index (χ2n) is 7.39. The van der Waals surface area contributed by atoms with Gasteiger partial charge in [-0.1, -0.05) is 0 Å². The Morgan fingerprint density at radius 3 is 2.58 bits per heavy atom. The van der Waals surface area contributed by atoms with Crippen LogP contribution < -0.4 is 16.4 Å². The topological polar surface area (TPSA) is 211 Å². The Labute approximate surface area is 178 Å². The number of imidazole rings is 1. The quantitative estimate of drug-likeness (QED) is 0.194. The van der Waals surface area contributed by atoms with Crippen LogP contribution in [0.15, 0.2) is 12.5 Å². The summed E-state index contributed by atoms with van der Waals surface area (Å²) in [5.74, 6) is -3.56. The fourth-order valence-electron chi connectivity index (χ4n) is 3.33. The molecule has 1 aromatic rings. The summed E-state index contributed by atoms with van der Waals surface area (Å²) < 4.78 is 0. The summed E-state index contributed by atoms with van der Waals surface area (Å²) in [4.78, 5) is 56.6. The number of carboxylic acids is 1.